The van der Waals surface area contributed by atoms with Crippen LogP contribution in [-0.4, -0.2) is 53.0 Å². The van der Waals surface area contributed by atoms with Gasteiger partial charge in [-0.1, -0.05) is 13.8 Å². The summed E-state index contributed by atoms with van der Waals surface area (Å²) < 4.78 is 0. The fourth-order valence-corrected chi connectivity index (χ4v) is 2.19. The van der Waals surface area contributed by atoms with E-state index in [4.69, 9.17) is 0 Å². The lowest BCUT2D eigenvalue weighted by Crippen LogP contribution is -2.61. The molecule has 0 aliphatic carbocycles. The van der Waals surface area contributed by atoms with Gasteiger partial charge in [-0.3, -0.25) is 19.7 Å². The highest BCUT2D eigenvalue weighted by atomic mass is 16.4. The first-order chi connectivity index (χ1) is 9.77. The van der Waals surface area contributed by atoms with Crippen molar-refractivity contribution in [1.82, 2.24) is 15.5 Å². The van der Waals surface area contributed by atoms with E-state index >= 15 is 0 Å². The Labute approximate surface area is 122 Å². The van der Waals surface area contributed by atoms with Gasteiger partial charge in [0.1, 0.15) is 12.6 Å². The summed E-state index contributed by atoms with van der Waals surface area (Å²) in [5, 5.41) is 14.0. The molecule has 0 aromatic heterocycles. The molecule has 0 aromatic rings. The highest BCUT2D eigenvalue weighted by Gasteiger charge is 2.38. The molecule has 1 saturated heterocycles. The molecule has 3 N–H and O–H groups in total. The van der Waals surface area contributed by atoms with E-state index in [2.05, 4.69) is 10.6 Å². The van der Waals surface area contributed by atoms with E-state index in [1.807, 2.05) is 0 Å². The first-order valence-electron chi connectivity index (χ1n) is 6.89. The van der Waals surface area contributed by atoms with Crippen molar-refractivity contribution < 1.29 is 24.3 Å². The number of carboxylic acid groups (broad SMARTS) is 1. The molecule has 0 spiro atoms. The third-order valence-corrected chi connectivity index (χ3v) is 4.07. The molecule has 4 amide bonds. The van der Waals surface area contributed by atoms with Crippen LogP contribution in [0.3, 0.4) is 0 Å². The second kappa shape index (κ2) is 6.55. The number of amides is 4. The van der Waals surface area contributed by atoms with E-state index in [-0.39, 0.29) is 13.1 Å². The molecule has 0 aromatic carbocycles. The predicted molar refractivity (Wildman–Crippen MR) is 73.4 cm³/mol. The van der Waals surface area contributed by atoms with Gasteiger partial charge >= 0.3 is 12.0 Å². The topological polar surface area (TPSA) is 116 Å². The maximum Gasteiger partial charge on any atom is 0.318 e. The van der Waals surface area contributed by atoms with Crippen molar-refractivity contribution in [2.75, 3.05) is 13.1 Å². The smallest absolute Gasteiger partial charge is 0.318 e. The van der Waals surface area contributed by atoms with Gasteiger partial charge in [-0.15, -0.1) is 0 Å². The summed E-state index contributed by atoms with van der Waals surface area (Å²) in [6, 6.07) is -1.39. The zero-order valence-electron chi connectivity index (χ0n) is 12.4. The van der Waals surface area contributed by atoms with Crippen molar-refractivity contribution in [3.8, 4) is 0 Å². The lowest BCUT2D eigenvalue weighted by atomic mass is 9.82. The number of rotatable bonds is 5. The van der Waals surface area contributed by atoms with Gasteiger partial charge in [0.05, 0.1) is 5.41 Å². The minimum Gasteiger partial charge on any atom is -0.481 e. The van der Waals surface area contributed by atoms with E-state index in [0.717, 1.165) is 4.90 Å². The Morgan fingerprint density at radius 2 is 1.95 bits per heavy atom. The fourth-order valence-electron chi connectivity index (χ4n) is 2.19. The van der Waals surface area contributed by atoms with Crippen molar-refractivity contribution in [1.29, 1.82) is 0 Å². The zero-order chi connectivity index (χ0) is 16.2. The average Bonchev–Trinajstić information content (AvgIpc) is 2.43. The number of carboxylic acids is 1. The number of imide groups is 1. The van der Waals surface area contributed by atoms with Gasteiger partial charge < -0.3 is 15.3 Å². The summed E-state index contributed by atoms with van der Waals surface area (Å²) in [7, 11) is 0. The standard InChI is InChI=1S/C13H21N3O5/c1-4-13(5-2,11(19)20)7-14-12(21)16-6-9(17)15-10(18)8(16)3/h8H,4-7H2,1-3H3,(H,14,21)(H,19,20)(H,15,17,18). The third-order valence-electron chi connectivity index (χ3n) is 4.07. The molecule has 1 unspecified atom stereocenters. The van der Waals surface area contributed by atoms with Gasteiger partial charge in [-0.25, -0.2) is 4.79 Å². The minimum atomic E-state index is -1.04. The van der Waals surface area contributed by atoms with Gasteiger partial charge in [0.15, 0.2) is 0 Å². The zero-order valence-corrected chi connectivity index (χ0v) is 12.4. The molecule has 21 heavy (non-hydrogen) atoms. The minimum absolute atomic E-state index is 0.0484. The summed E-state index contributed by atoms with van der Waals surface area (Å²) in [4.78, 5) is 47.3. The van der Waals surface area contributed by atoms with E-state index < -0.39 is 35.3 Å². The van der Waals surface area contributed by atoms with Crippen LogP contribution in [0.5, 0.6) is 0 Å². The van der Waals surface area contributed by atoms with E-state index in [0.29, 0.717) is 12.8 Å². The predicted octanol–water partition coefficient (Wildman–Crippen LogP) is -0.0661. The average molecular weight is 299 g/mol. The van der Waals surface area contributed by atoms with Crippen LogP contribution in [0.1, 0.15) is 33.6 Å². The van der Waals surface area contributed by atoms with Gasteiger partial charge in [0.2, 0.25) is 11.8 Å². The number of carbonyl (C=O) groups excluding carboxylic acids is 3. The number of nitrogens with one attached hydrogen (secondary N) is 2. The van der Waals surface area contributed by atoms with E-state index in [1.54, 1.807) is 13.8 Å². The highest BCUT2D eigenvalue weighted by molar-refractivity contribution is 6.03. The number of carbonyl (C=O) groups is 4. The lowest BCUT2D eigenvalue weighted by molar-refractivity contribution is -0.149. The second-order valence-electron chi connectivity index (χ2n) is 5.17. The summed E-state index contributed by atoms with van der Waals surface area (Å²) in [5.74, 6) is -2.08. The Morgan fingerprint density at radius 1 is 1.38 bits per heavy atom. The van der Waals surface area contributed by atoms with Crippen LogP contribution in [-0.2, 0) is 14.4 Å². The van der Waals surface area contributed by atoms with Crippen LogP contribution in [0.2, 0.25) is 0 Å². The maximum atomic E-state index is 12.1. The molecule has 0 bridgehead atoms. The number of hydrogen-bond acceptors (Lipinski definition) is 4. The van der Waals surface area contributed by atoms with Crippen molar-refractivity contribution in [2.24, 2.45) is 5.41 Å². The quantitative estimate of drug-likeness (QED) is 0.615. The molecule has 1 heterocycles. The Kier molecular flexibility index (Phi) is 5.28. The highest BCUT2D eigenvalue weighted by Crippen LogP contribution is 2.25. The molecule has 1 atom stereocenters. The largest absolute Gasteiger partial charge is 0.481 e. The van der Waals surface area contributed by atoms with Crippen LogP contribution in [0.4, 0.5) is 4.79 Å². The Morgan fingerprint density at radius 3 is 2.43 bits per heavy atom. The third kappa shape index (κ3) is 3.50. The van der Waals surface area contributed by atoms with Gasteiger partial charge in [-0.05, 0) is 19.8 Å². The maximum absolute atomic E-state index is 12.1. The fraction of sp³-hybridized carbons (Fsp3) is 0.692. The van der Waals surface area contributed by atoms with E-state index in [9.17, 15) is 24.3 Å². The Balaban J connectivity index is 2.74. The molecular weight excluding hydrogens is 278 g/mol. The summed E-state index contributed by atoms with van der Waals surface area (Å²) >= 11 is 0. The summed E-state index contributed by atoms with van der Waals surface area (Å²) in [6.07, 6.45) is 0.738. The molecule has 1 aliphatic rings. The second-order valence-corrected chi connectivity index (χ2v) is 5.17. The summed E-state index contributed by atoms with van der Waals surface area (Å²) in [6.45, 7) is 4.71. The van der Waals surface area contributed by atoms with Crippen LogP contribution in [0, 0.1) is 5.41 Å². The number of nitrogens with zero attached hydrogens (tertiary/aromatic N) is 1. The molecule has 1 rings (SSSR count). The van der Waals surface area contributed by atoms with Gasteiger partial charge in [0.25, 0.3) is 0 Å². The van der Waals surface area contributed by atoms with Gasteiger partial charge in [0, 0.05) is 6.54 Å². The molecule has 1 aliphatic heterocycles. The molecule has 118 valence electrons. The molecule has 1 fully saturated rings. The van der Waals surface area contributed by atoms with Crippen molar-refractivity contribution in [3.05, 3.63) is 0 Å². The Bertz CT molecular complexity index is 459. The SMILES string of the molecule is CCC(CC)(CNC(=O)N1CC(=O)NC(=O)C1C)C(=O)O. The van der Waals surface area contributed by atoms with Crippen LogP contribution < -0.4 is 10.6 Å². The Hall–Kier alpha value is -2.12. The normalized spacial score (nSPS) is 19.2. The van der Waals surface area contributed by atoms with Crippen LogP contribution >= 0.6 is 0 Å². The van der Waals surface area contributed by atoms with Crippen molar-refractivity contribution in [3.63, 3.8) is 0 Å². The van der Waals surface area contributed by atoms with Crippen molar-refractivity contribution in [2.45, 2.75) is 39.7 Å². The first kappa shape index (κ1) is 16.9. The number of urea groups is 1. The molecule has 0 radical (unpaired) electrons. The first-order valence-corrected chi connectivity index (χ1v) is 6.89. The van der Waals surface area contributed by atoms with Crippen LogP contribution in [0.15, 0.2) is 0 Å². The monoisotopic (exact) mass is 299 g/mol. The molecule has 0 saturated carbocycles. The molecule has 8 nitrogen and oxygen atoms in total. The number of piperazine rings is 1. The number of hydrogen-bond donors (Lipinski definition) is 3. The van der Waals surface area contributed by atoms with Crippen LogP contribution in [0.25, 0.3) is 0 Å². The van der Waals surface area contributed by atoms with Gasteiger partial charge in [-0.2, -0.15) is 0 Å². The van der Waals surface area contributed by atoms with Crippen molar-refractivity contribution >= 4 is 23.8 Å². The number of aliphatic carboxylic acids is 1. The van der Waals surface area contributed by atoms with E-state index in [1.165, 1.54) is 6.92 Å². The molecular formula is C13H21N3O5. The lowest BCUT2D eigenvalue weighted by Gasteiger charge is -2.33. The molecule has 8 heteroatoms. The summed E-state index contributed by atoms with van der Waals surface area (Å²) in [5.41, 5.74) is -1.04.